The quantitative estimate of drug-likeness (QED) is 0.803. The van der Waals surface area contributed by atoms with Crippen LogP contribution in [0, 0.1) is 0 Å². The number of halogens is 1. The first-order valence-corrected chi connectivity index (χ1v) is 8.81. The lowest BCUT2D eigenvalue weighted by Crippen LogP contribution is -2.40. The summed E-state index contributed by atoms with van der Waals surface area (Å²) in [6.07, 6.45) is 0.506. The van der Waals surface area contributed by atoms with Gasteiger partial charge in [-0.15, -0.1) is 11.3 Å². The van der Waals surface area contributed by atoms with Gasteiger partial charge in [-0.2, -0.15) is 0 Å². The third kappa shape index (κ3) is 3.95. The van der Waals surface area contributed by atoms with Crippen LogP contribution in [0.25, 0.3) is 0 Å². The lowest BCUT2D eigenvalue weighted by atomic mass is 10.1. The molecule has 1 aromatic carbocycles. The maximum Gasteiger partial charge on any atom is 0.325 e. The molecule has 3 amide bonds. The van der Waals surface area contributed by atoms with Crippen molar-refractivity contribution in [3.63, 3.8) is 0 Å². The van der Waals surface area contributed by atoms with Crippen LogP contribution in [-0.4, -0.2) is 41.5 Å². The fraction of sp³-hybridized carbons (Fsp3) is 0.294. The van der Waals surface area contributed by atoms with E-state index in [1.165, 1.54) is 16.2 Å². The van der Waals surface area contributed by atoms with E-state index in [0.29, 0.717) is 13.0 Å². The molecule has 1 aliphatic rings. The Kier molecular flexibility index (Phi) is 5.18. The van der Waals surface area contributed by atoms with E-state index in [1.54, 1.807) is 0 Å². The standard InChI is InChI=1S/C17H18ClN3O2S/c1-20(10-13-7-8-15(18)24-13)11-21-16(22)14(19-17(21)23)9-12-5-3-2-4-6-12/h2-8,14H,9-11H2,1H3,(H,19,23). The summed E-state index contributed by atoms with van der Waals surface area (Å²) in [5, 5.41) is 2.77. The van der Waals surface area contributed by atoms with Gasteiger partial charge in [-0.25, -0.2) is 9.69 Å². The first-order chi connectivity index (χ1) is 11.5. The molecule has 1 fully saturated rings. The Hall–Kier alpha value is -1.89. The van der Waals surface area contributed by atoms with E-state index in [4.69, 9.17) is 11.6 Å². The lowest BCUT2D eigenvalue weighted by molar-refractivity contribution is -0.128. The first kappa shape index (κ1) is 17.0. The second-order valence-electron chi connectivity index (χ2n) is 5.82. The van der Waals surface area contributed by atoms with Gasteiger partial charge in [0.1, 0.15) is 6.04 Å². The average molecular weight is 364 g/mol. The van der Waals surface area contributed by atoms with Crippen LogP contribution >= 0.6 is 22.9 Å². The minimum Gasteiger partial charge on any atom is -0.325 e. The number of thiophene rings is 1. The molecule has 0 spiro atoms. The highest BCUT2D eigenvalue weighted by Crippen LogP contribution is 2.22. The molecule has 3 rings (SSSR count). The van der Waals surface area contributed by atoms with Crippen molar-refractivity contribution in [2.45, 2.75) is 19.0 Å². The van der Waals surface area contributed by atoms with Crippen LogP contribution in [0.2, 0.25) is 4.34 Å². The summed E-state index contributed by atoms with van der Waals surface area (Å²) in [7, 11) is 1.87. The zero-order valence-corrected chi connectivity index (χ0v) is 14.8. The number of nitrogens with zero attached hydrogens (tertiary/aromatic N) is 2. The summed E-state index contributed by atoms with van der Waals surface area (Å²) in [6, 6.07) is 12.6. The Morgan fingerprint density at radius 3 is 2.62 bits per heavy atom. The van der Waals surface area contributed by atoms with E-state index in [-0.39, 0.29) is 18.6 Å². The van der Waals surface area contributed by atoms with Gasteiger partial charge in [0.25, 0.3) is 5.91 Å². The van der Waals surface area contributed by atoms with Gasteiger partial charge in [0.15, 0.2) is 0 Å². The van der Waals surface area contributed by atoms with Crippen molar-refractivity contribution in [3.05, 3.63) is 57.2 Å². The Balaban J connectivity index is 1.59. The van der Waals surface area contributed by atoms with Gasteiger partial charge in [-0.05, 0) is 24.7 Å². The third-order valence-electron chi connectivity index (χ3n) is 3.83. The summed E-state index contributed by atoms with van der Waals surface area (Å²) in [5.74, 6) is -0.181. The monoisotopic (exact) mass is 363 g/mol. The minimum absolute atomic E-state index is 0.181. The smallest absolute Gasteiger partial charge is 0.325 e. The van der Waals surface area contributed by atoms with Crippen molar-refractivity contribution in [1.29, 1.82) is 0 Å². The van der Waals surface area contributed by atoms with Crippen LogP contribution < -0.4 is 5.32 Å². The molecule has 1 unspecified atom stereocenters. The molecule has 1 N–H and O–H groups in total. The predicted octanol–water partition coefficient (Wildman–Crippen LogP) is 2.95. The van der Waals surface area contributed by atoms with E-state index in [0.717, 1.165) is 14.8 Å². The Bertz CT molecular complexity index is 734. The fourth-order valence-corrected chi connectivity index (χ4v) is 3.86. The predicted molar refractivity (Wildman–Crippen MR) is 95.0 cm³/mol. The molecule has 1 aromatic heterocycles. The van der Waals surface area contributed by atoms with Crippen LogP contribution in [-0.2, 0) is 17.8 Å². The molecular formula is C17H18ClN3O2S. The highest BCUT2D eigenvalue weighted by Gasteiger charge is 2.38. The maximum absolute atomic E-state index is 12.5. The second-order valence-corrected chi connectivity index (χ2v) is 7.62. The normalized spacial score (nSPS) is 17.6. The van der Waals surface area contributed by atoms with Gasteiger partial charge >= 0.3 is 6.03 Å². The van der Waals surface area contributed by atoms with Crippen molar-refractivity contribution >= 4 is 34.9 Å². The number of urea groups is 1. The highest BCUT2D eigenvalue weighted by molar-refractivity contribution is 7.16. The number of rotatable bonds is 6. The molecule has 0 saturated carbocycles. The number of benzene rings is 1. The van der Waals surface area contributed by atoms with E-state index < -0.39 is 6.04 Å². The molecule has 24 heavy (non-hydrogen) atoms. The zero-order chi connectivity index (χ0) is 17.1. The van der Waals surface area contributed by atoms with Crippen molar-refractivity contribution in [3.8, 4) is 0 Å². The summed E-state index contributed by atoms with van der Waals surface area (Å²) >= 11 is 7.43. The van der Waals surface area contributed by atoms with Crippen LogP contribution in [0.3, 0.4) is 0 Å². The molecule has 7 heteroatoms. The number of nitrogens with one attached hydrogen (secondary N) is 1. The molecule has 1 aliphatic heterocycles. The molecule has 0 bridgehead atoms. The minimum atomic E-state index is -0.496. The number of amides is 3. The van der Waals surface area contributed by atoms with Gasteiger partial charge in [0.05, 0.1) is 11.0 Å². The molecule has 2 heterocycles. The molecule has 0 aliphatic carbocycles. The van der Waals surface area contributed by atoms with Crippen molar-refractivity contribution in [2.75, 3.05) is 13.7 Å². The van der Waals surface area contributed by atoms with E-state index >= 15 is 0 Å². The van der Waals surface area contributed by atoms with Gasteiger partial charge in [-0.1, -0.05) is 41.9 Å². The summed E-state index contributed by atoms with van der Waals surface area (Å²) < 4.78 is 0.733. The third-order valence-corrected chi connectivity index (χ3v) is 5.04. The fourth-order valence-electron chi connectivity index (χ4n) is 2.69. The van der Waals surface area contributed by atoms with E-state index in [2.05, 4.69) is 5.32 Å². The van der Waals surface area contributed by atoms with E-state index in [1.807, 2.05) is 54.4 Å². The van der Waals surface area contributed by atoms with Gasteiger partial charge in [0.2, 0.25) is 0 Å². The van der Waals surface area contributed by atoms with Gasteiger partial charge < -0.3 is 5.32 Å². The highest BCUT2D eigenvalue weighted by atomic mass is 35.5. The first-order valence-electron chi connectivity index (χ1n) is 7.61. The van der Waals surface area contributed by atoms with Crippen LogP contribution in [0.15, 0.2) is 42.5 Å². The molecule has 1 atom stereocenters. The maximum atomic E-state index is 12.5. The van der Waals surface area contributed by atoms with Gasteiger partial charge in [-0.3, -0.25) is 9.69 Å². The Morgan fingerprint density at radius 1 is 1.21 bits per heavy atom. The summed E-state index contributed by atoms with van der Waals surface area (Å²) in [6.45, 7) is 0.892. The number of hydrogen-bond acceptors (Lipinski definition) is 4. The van der Waals surface area contributed by atoms with Gasteiger partial charge in [0, 0.05) is 17.8 Å². The molecule has 2 aromatic rings. The largest absolute Gasteiger partial charge is 0.325 e. The Labute approximate surface area is 149 Å². The summed E-state index contributed by atoms with van der Waals surface area (Å²) in [4.78, 5) is 28.9. The Morgan fingerprint density at radius 2 is 1.96 bits per heavy atom. The summed E-state index contributed by atoms with van der Waals surface area (Å²) in [5.41, 5.74) is 1.03. The number of imide groups is 1. The van der Waals surface area contributed by atoms with Crippen molar-refractivity contribution < 1.29 is 9.59 Å². The average Bonchev–Trinajstić information content (AvgIpc) is 3.07. The van der Waals surface area contributed by atoms with E-state index in [9.17, 15) is 9.59 Å². The topological polar surface area (TPSA) is 52.6 Å². The number of carbonyl (C=O) groups is 2. The SMILES string of the molecule is CN(Cc1ccc(Cl)s1)CN1C(=O)NC(Cc2ccccc2)C1=O. The van der Waals surface area contributed by atoms with Crippen molar-refractivity contribution in [1.82, 2.24) is 15.1 Å². The molecule has 5 nitrogen and oxygen atoms in total. The van der Waals surface area contributed by atoms with Crippen molar-refractivity contribution in [2.24, 2.45) is 0 Å². The van der Waals surface area contributed by atoms with Crippen LogP contribution in [0.4, 0.5) is 4.79 Å². The molecule has 0 radical (unpaired) electrons. The molecule has 1 saturated heterocycles. The number of carbonyl (C=O) groups excluding carboxylic acids is 2. The van der Waals surface area contributed by atoms with Crippen LogP contribution in [0.5, 0.6) is 0 Å². The zero-order valence-electron chi connectivity index (χ0n) is 13.2. The van der Waals surface area contributed by atoms with Crippen LogP contribution in [0.1, 0.15) is 10.4 Å². The molecular weight excluding hydrogens is 346 g/mol. The molecule has 126 valence electrons. The lowest BCUT2D eigenvalue weighted by Gasteiger charge is -2.21. The number of hydrogen-bond donors (Lipinski definition) is 1. The second kappa shape index (κ2) is 7.34.